The van der Waals surface area contributed by atoms with E-state index in [1.165, 1.54) is 24.8 Å². The zero-order valence-corrected chi connectivity index (χ0v) is 12.6. The van der Waals surface area contributed by atoms with Crippen LogP contribution in [0.2, 0.25) is 0 Å². The summed E-state index contributed by atoms with van der Waals surface area (Å²) in [7, 11) is 0. The molecule has 1 aromatic rings. The van der Waals surface area contributed by atoms with E-state index in [4.69, 9.17) is 5.11 Å². The van der Waals surface area contributed by atoms with E-state index in [0.717, 1.165) is 5.56 Å². The van der Waals surface area contributed by atoms with Crippen LogP contribution in [0, 0.1) is 5.82 Å². The molecular weight excluding hydrogens is 337 g/mol. The molecule has 1 aromatic carbocycles. The van der Waals surface area contributed by atoms with Crippen molar-refractivity contribution in [2.45, 2.75) is 18.7 Å². The molecule has 0 aromatic heterocycles. The summed E-state index contributed by atoms with van der Waals surface area (Å²) in [6.07, 6.45) is 0. The predicted molar refractivity (Wildman–Crippen MR) is 75.5 cm³/mol. The standard InChI is InChI=1S/C12H13BrFNO3S/c1-7(16)15-11(12(17)18)6-19-5-8-2-3-10(14)9(13)4-8/h2-4,11H,5-6H2,1H3,(H,15,16)(H,17,18). The number of thioether (sulfide) groups is 1. The molecule has 4 nitrogen and oxygen atoms in total. The van der Waals surface area contributed by atoms with Gasteiger partial charge in [0.2, 0.25) is 5.91 Å². The molecule has 1 atom stereocenters. The highest BCUT2D eigenvalue weighted by Crippen LogP contribution is 2.20. The Balaban J connectivity index is 2.49. The number of benzene rings is 1. The molecule has 0 bridgehead atoms. The third-order valence-electron chi connectivity index (χ3n) is 2.21. The number of aliphatic carboxylic acids is 1. The fourth-order valence-electron chi connectivity index (χ4n) is 1.34. The summed E-state index contributed by atoms with van der Waals surface area (Å²) in [6.45, 7) is 1.28. The van der Waals surface area contributed by atoms with Gasteiger partial charge in [-0.05, 0) is 33.6 Å². The van der Waals surface area contributed by atoms with Crippen LogP contribution in [0.25, 0.3) is 0 Å². The van der Waals surface area contributed by atoms with Gasteiger partial charge in [0.1, 0.15) is 11.9 Å². The topological polar surface area (TPSA) is 66.4 Å². The van der Waals surface area contributed by atoms with Gasteiger partial charge in [0.25, 0.3) is 0 Å². The van der Waals surface area contributed by atoms with E-state index in [-0.39, 0.29) is 17.5 Å². The highest BCUT2D eigenvalue weighted by molar-refractivity contribution is 9.10. The normalized spacial score (nSPS) is 11.9. The van der Waals surface area contributed by atoms with Crippen molar-refractivity contribution in [1.82, 2.24) is 5.32 Å². The minimum Gasteiger partial charge on any atom is -0.480 e. The van der Waals surface area contributed by atoms with Gasteiger partial charge in [-0.2, -0.15) is 11.8 Å². The smallest absolute Gasteiger partial charge is 0.327 e. The Kier molecular flexibility index (Phi) is 6.30. The molecule has 0 radical (unpaired) electrons. The van der Waals surface area contributed by atoms with E-state index in [9.17, 15) is 14.0 Å². The van der Waals surface area contributed by atoms with Gasteiger partial charge in [-0.25, -0.2) is 9.18 Å². The lowest BCUT2D eigenvalue weighted by molar-refractivity contribution is -0.140. The Hall–Kier alpha value is -1.08. The highest BCUT2D eigenvalue weighted by atomic mass is 79.9. The van der Waals surface area contributed by atoms with Crippen molar-refractivity contribution in [2.75, 3.05) is 5.75 Å². The first kappa shape index (κ1) is 16.0. The fraction of sp³-hybridized carbons (Fsp3) is 0.333. The zero-order chi connectivity index (χ0) is 14.4. The third-order valence-corrected chi connectivity index (χ3v) is 3.93. The van der Waals surface area contributed by atoms with Crippen LogP contribution in [0.15, 0.2) is 22.7 Å². The van der Waals surface area contributed by atoms with Crippen LogP contribution in [0.3, 0.4) is 0 Å². The molecule has 0 spiro atoms. The summed E-state index contributed by atoms with van der Waals surface area (Å²) in [6, 6.07) is 3.73. The molecule has 0 saturated heterocycles. The second kappa shape index (κ2) is 7.49. The Labute approximate surface area is 122 Å². The predicted octanol–water partition coefficient (Wildman–Crippen LogP) is 2.41. The van der Waals surface area contributed by atoms with Gasteiger partial charge in [0.05, 0.1) is 4.47 Å². The number of hydrogen-bond acceptors (Lipinski definition) is 3. The van der Waals surface area contributed by atoms with Gasteiger partial charge in [0.15, 0.2) is 0 Å². The molecule has 1 unspecified atom stereocenters. The van der Waals surface area contributed by atoms with Gasteiger partial charge < -0.3 is 10.4 Å². The Morgan fingerprint density at radius 2 is 2.21 bits per heavy atom. The summed E-state index contributed by atoms with van der Waals surface area (Å²) in [5, 5.41) is 11.3. The first-order chi connectivity index (χ1) is 8.90. The maximum atomic E-state index is 13.0. The summed E-state index contributed by atoms with van der Waals surface area (Å²) in [4.78, 5) is 21.7. The van der Waals surface area contributed by atoms with Crippen LogP contribution in [-0.4, -0.2) is 28.8 Å². The third kappa shape index (κ3) is 5.61. The number of carbonyl (C=O) groups excluding carboxylic acids is 1. The maximum Gasteiger partial charge on any atom is 0.327 e. The number of hydrogen-bond donors (Lipinski definition) is 2. The number of carbonyl (C=O) groups is 2. The molecule has 0 heterocycles. The van der Waals surface area contributed by atoms with E-state index in [1.807, 2.05) is 0 Å². The van der Waals surface area contributed by atoms with Crippen molar-refractivity contribution in [3.8, 4) is 0 Å². The van der Waals surface area contributed by atoms with Crippen LogP contribution in [0.1, 0.15) is 12.5 Å². The SMILES string of the molecule is CC(=O)NC(CSCc1ccc(F)c(Br)c1)C(=O)O. The van der Waals surface area contributed by atoms with E-state index >= 15 is 0 Å². The zero-order valence-electron chi connectivity index (χ0n) is 10.2. The first-order valence-electron chi connectivity index (χ1n) is 5.41. The van der Waals surface area contributed by atoms with Crippen LogP contribution in [0.5, 0.6) is 0 Å². The molecule has 7 heteroatoms. The second-order valence-corrected chi connectivity index (χ2v) is 5.74. The van der Waals surface area contributed by atoms with Gasteiger partial charge in [-0.15, -0.1) is 0 Å². The number of amides is 1. The minimum atomic E-state index is -1.07. The maximum absolute atomic E-state index is 13.0. The van der Waals surface area contributed by atoms with Crippen LogP contribution >= 0.6 is 27.7 Å². The van der Waals surface area contributed by atoms with Crippen molar-refractivity contribution in [3.63, 3.8) is 0 Å². The van der Waals surface area contributed by atoms with Crippen molar-refractivity contribution in [2.24, 2.45) is 0 Å². The van der Waals surface area contributed by atoms with Gasteiger partial charge >= 0.3 is 5.97 Å². The molecule has 0 saturated carbocycles. The van der Waals surface area contributed by atoms with Gasteiger partial charge in [-0.3, -0.25) is 4.79 Å². The molecule has 2 N–H and O–H groups in total. The first-order valence-corrected chi connectivity index (χ1v) is 7.36. The van der Waals surface area contributed by atoms with E-state index in [2.05, 4.69) is 21.2 Å². The Morgan fingerprint density at radius 1 is 1.53 bits per heavy atom. The number of halogens is 2. The number of rotatable bonds is 6. The van der Waals surface area contributed by atoms with Crippen molar-refractivity contribution < 1.29 is 19.1 Å². The molecule has 0 aliphatic carbocycles. The van der Waals surface area contributed by atoms with Gasteiger partial charge in [0, 0.05) is 18.4 Å². The second-order valence-electron chi connectivity index (χ2n) is 3.85. The van der Waals surface area contributed by atoms with E-state index in [0.29, 0.717) is 10.2 Å². The van der Waals surface area contributed by atoms with E-state index < -0.39 is 12.0 Å². The molecule has 104 valence electrons. The number of carboxylic acids is 1. The molecular formula is C12H13BrFNO3S. The monoisotopic (exact) mass is 349 g/mol. The van der Waals surface area contributed by atoms with Crippen molar-refractivity contribution in [3.05, 3.63) is 34.1 Å². The molecule has 1 rings (SSSR count). The van der Waals surface area contributed by atoms with Crippen LogP contribution < -0.4 is 5.32 Å². The fourth-order valence-corrected chi connectivity index (χ4v) is 2.77. The van der Waals surface area contributed by atoms with Crippen LogP contribution in [0.4, 0.5) is 4.39 Å². The lowest BCUT2D eigenvalue weighted by Gasteiger charge is -2.12. The molecule has 19 heavy (non-hydrogen) atoms. The molecule has 0 aliphatic rings. The van der Waals surface area contributed by atoms with Crippen molar-refractivity contribution in [1.29, 1.82) is 0 Å². The molecule has 0 fully saturated rings. The van der Waals surface area contributed by atoms with Crippen LogP contribution in [-0.2, 0) is 15.3 Å². The van der Waals surface area contributed by atoms with Crippen molar-refractivity contribution >= 4 is 39.6 Å². The average Bonchev–Trinajstić information content (AvgIpc) is 2.31. The Bertz CT molecular complexity index is 484. The number of carboxylic acid groups (broad SMARTS) is 1. The molecule has 0 aliphatic heterocycles. The summed E-state index contributed by atoms with van der Waals surface area (Å²) < 4.78 is 13.4. The Morgan fingerprint density at radius 3 is 2.74 bits per heavy atom. The lowest BCUT2D eigenvalue weighted by atomic mass is 10.2. The quantitative estimate of drug-likeness (QED) is 0.827. The highest BCUT2D eigenvalue weighted by Gasteiger charge is 2.17. The molecule has 1 amide bonds. The largest absolute Gasteiger partial charge is 0.480 e. The number of nitrogens with one attached hydrogen (secondary N) is 1. The lowest BCUT2D eigenvalue weighted by Crippen LogP contribution is -2.41. The van der Waals surface area contributed by atoms with E-state index in [1.54, 1.807) is 12.1 Å². The average molecular weight is 350 g/mol. The summed E-state index contributed by atoms with van der Waals surface area (Å²) >= 11 is 4.45. The minimum absolute atomic E-state index is 0.254. The van der Waals surface area contributed by atoms with Gasteiger partial charge in [-0.1, -0.05) is 6.07 Å². The summed E-state index contributed by atoms with van der Waals surface area (Å²) in [5.41, 5.74) is 0.880. The summed E-state index contributed by atoms with van der Waals surface area (Å²) in [5.74, 6) is -0.984.